The number of nitrogens with zero attached hydrogens (tertiary/aromatic N) is 2. The SMILES string of the molecule is O=C(NC12CC3CC(CC(C3)C1)C2)c1cncc(N2CCCCC2)c1. The number of piperidine rings is 1. The molecule has 4 heteroatoms. The van der Waals surface area contributed by atoms with E-state index in [4.69, 9.17) is 0 Å². The molecular formula is C21H29N3O. The molecule has 4 nitrogen and oxygen atoms in total. The van der Waals surface area contributed by atoms with E-state index in [0.29, 0.717) is 0 Å². The summed E-state index contributed by atoms with van der Waals surface area (Å²) in [4.78, 5) is 19.7. The number of pyridine rings is 1. The van der Waals surface area contributed by atoms with Crippen LogP contribution in [0.25, 0.3) is 0 Å². The predicted molar refractivity (Wildman–Crippen MR) is 98.7 cm³/mol. The highest BCUT2D eigenvalue weighted by Gasteiger charge is 2.51. The summed E-state index contributed by atoms with van der Waals surface area (Å²) in [5, 5.41) is 3.47. The van der Waals surface area contributed by atoms with Crippen molar-refractivity contribution >= 4 is 11.6 Å². The molecule has 1 aromatic heterocycles. The van der Waals surface area contributed by atoms with Crippen molar-refractivity contribution in [3.63, 3.8) is 0 Å². The maximum Gasteiger partial charge on any atom is 0.253 e. The molecule has 1 saturated heterocycles. The van der Waals surface area contributed by atoms with Crippen LogP contribution in [0.4, 0.5) is 5.69 Å². The Bertz CT molecular complexity index is 630. The summed E-state index contributed by atoms with van der Waals surface area (Å²) < 4.78 is 0. The maximum atomic E-state index is 13.0. The van der Waals surface area contributed by atoms with E-state index in [2.05, 4.69) is 15.2 Å². The molecule has 134 valence electrons. The number of anilines is 1. The lowest BCUT2D eigenvalue weighted by Gasteiger charge is -2.56. The van der Waals surface area contributed by atoms with Gasteiger partial charge in [0.15, 0.2) is 0 Å². The van der Waals surface area contributed by atoms with Gasteiger partial charge in [0.2, 0.25) is 0 Å². The third-order valence-electron chi connectivity index (χ3n) is 7.12. The molecule has 1 aromatic rings. The van der Waals surface area contributed by atoms with Gasteiger partial charge in [0.1, 0.15) is 0 Å². The number of aromatic nitrogens is 1. The van der Waals surface area contributed by atoms with E-state index in [1.807, 2.05) is 12.3 Å². The Labute approximate surface area is 150 Å². The van der Waals surface area contributed by atoms with Crippen molar-refractivity contribution in [3.8, 4) is 0 Å². The van der Waals surface area contributed by atoms with Gasteiger partial charge >= 0.3 is 0 Å². The molecule has 0 radical (unpaired) electrons. The van der Waals surface area contributed by atoms with Gasteiger partial charge in [-0.1, -0.05) is 0 Å². The number of hydrogen-bond acceptors (Lipinski definition) is 3. The van der Waals surface area contributed by atoms with E-state index in [1.165, 1.54) is 57.8 Å². The highest BCUT2D eigenvalue weighted by atomic mass is 16.1. The van der Waals surface area contributed by atoms with Crippen LogP contribution < -0.4 is 10.2 Å². The maximum absolute atomic E-state index is 13.0. The molecule has 0 aromatic carbocycles. The highest BCUT2D eigenvalue weighted by Crippen LogP contribution is 2.55. The monoisotopic (exact) mass is 339 g/mol. The van der Waals surface area contributed by atoms with Crippen LogP contribution >= 0.6 is 0 Å². The predicted octanol–water partition coefficient (Wildman–Crippen LogP) is 3.77. The summed E-state index contributed by atoms with van der Waals surface area (Å²) in [5.74, 6) is 2.64. The molecule has 0 spiro atoms. The van der Waals surface area contributed by atoms with Crippen LogP contribution in [0.3, 0.4) is 0 Å². The summed E-state index contributed by atoms with van der Waals surface area (Å²) in [5.41, 5.74) is 1.92. The standard InChI is InChI=1S/C21H29N3O/c25-20(18-9-19(14-22-13-18)24-4-2-1-3-5-24)23-21-10-15-6-16(11-21)8-17(7-15)12-21/h9,13-17H,1-8,10-12H2,(H,23,25). The van der Waals surface area contributed by atoms with Gasteiger partial charge in [-0.25, -0.2) is 0 Å². The lowest BCUT2D eigenvalue weighted by atomic mass is 9.53. The molecule has 5 fully saturated rings. The van der Waals surface area contributed by atoms with E-state index in [9.17, 15) is 4.79 Å². The largest absolute Gasteiger partial charge is 0.370 e. The van der Waals surface area contributed by atoms with Gasteiger partial charge in [-0.2, -0.15) is 0 Å². The smallest absolute Gasteiger partial charge is 0.253 e. The first-order chi connectivity index (χ1) is 12.2. The average molecular weight is 339 g/mol. The number of hydrogen-bond donors (Lipinski definition) is 1. The molecule has 6 rings (SSSR count). The molecule has 5 aliphatic rings. The highest BCUT2D eigenvalue weighted by molar-refractivity contribution is 5.95. The molecule has 1 N–H and O–H groups in total. The van der Waals surface area contributed by atoms with Crippen molar-refractivity contribution in [2.75, 3.05) is 18.0 Å². The van der Waals surface area contributed by atoms with Crippen LogP contribution in [0, 0.1) is 17.8 Å². The number of amides is 1. The van der Waals surface area contributed by atoms with Crippen LogP contribution in [-0.4, -0.2) is 29.5 Å². The fourth-order valence-electron chi connectivity index (χ4n) is 6.45. The molecule has 4 bridgehead atoms. The fourth-order valence-corrected chi connectivity index (χ4v) is 6.45. The molecule has 25 heavy (non-hydrogen) atoms. The Hall–Kier alpha value is -1.58. The van der Waals surface area contributed by atoms with Gasteiger partial charge in [0.05, 0.1) is 17.4 Å². The Kier molecular flexibility index (Phi) is 3.76. The zero-order valence-corrected chi connectivity index (χ0v) is 15.0. The van der Waals surface area contributed by atoms with Crippen molar-refractivity contribution in [1.29, 1.82) is 0 Å². The summed E-state index contributed by atoms with van der Waals surface area (Å²) in [7, 11) is 0. The second-order valence-electron chi connectivity index (χ2n) is 9.13. The van der Waals surface area contributed by atoms with Crippen molar-refractivity contribution in [2.45, 2.75) is 63.3 Å². The molecule has 0 atom stereocenters. The molecule has 4 saturated carbocycles. The topological polar surface area (TPSA) is 45.2 Å². The quantitative estimate of drug-likeness (QED) is 0.912. The summed E-state index contributed by atoms with van der Waals surface area (Å²) in [6.45, 7) is 2.17. The molecule has 4 aliphatic carbocycles. The van der Waals surface area contributed by atoms with Crippen molar-refractivity contribution in [1.82, 2.24) is 10.3 Å². The third-order valence-corrected chi connectivity index (χ3v) is 7.12. The van der Waals surface area contributed by atoms with Gasteiger partial charge < -0.3 is 10.2 Å². The van der Waals surface area contributed by atoms with E-state index in [-0.39, 0.29) is 11.4 Å². The van der Waals surface area contributed by atoms with Crippen molar-refractivity contribution in [3.05, 3.63) is 24.0 Å². The first kappa shape index (κ1) is 15.7. The van der Waals surface area contributed by atoms with E-state index in [1.54, 1.807) is 6.20 Å². The fraction of sp³-hybridized carbons (Fsp3) is 0.714. The lowest BCUT2D eigenvalue weighted by Crippen LogP contribution is -2.59. The van der Waals surface area contributed by atoms with Gasteiger partial charge in [-0.15, -0.1) is 0 Å². The summed E-state index contributed by atoms with van der Waals surface area (Å²) in [6, 6.07) is 2.05. The van der Waals surface area contributed by atoms with Crippen LogP contribution in [0.5, 0.6) is 0 Å². The minimum absolute atomic E-state index is 0.0764. The van der Waals surface area contributed by atoms with Gasteiger partial charge in [-0.3, -0.25) is 9.78 Å². The zero-order valence-electron chi connectivity index (χ0n) is 15.0. The summed E-state index contributed by atoms with van der Waals surface area (Å²) >= 11 is 0. The number of carbonyl (C=O) groups is 1. The molecule has 1 aliphatic heterocycles. The molecule has 1 amide bonds. The van der Waals surface area contributed by atoms with Crippen LogP contribution in [-0.2, 0) is 0 Å². The van der Waals surface area contributed by atoms with Crippen LogP contribution in [0.1, 0.15) is 68.1 Å². The van der Waals surface area contributed by atoms with Crippen molar-refractivity contribution < 1.29 is 4.79 Å². The zero-order chi connectivity index (χ0) is 16.9. The second kappa shape index (κ2) is 6.00. The molecule has 0 unspecified atom stereocenters. The van der Waals surface area contributed by atoms with Crippen LogP contribution in [0.15, 0.2) is 18.5 Å². The first-order valence-corrected chi connectivity index (χ1v) is 10.2. The first-order valence-electron chi connectivity index (χ1n) is 10.2. The normalized spacial score (nSPS) is 36.5. The van der Waals surface area contributed by atoms with Gasteiger partial charge in [-0.05, 0) is 81.6 Å². The van der Waals surface area contributed by atoms with Crippen LogP contribution in [0.2, 0.25) is 0 Å². The van der Waals surface area contributed by atoms with Crippen molar-refractivity contribution in [2.24, 2.45) is 17.8 Å². The minimum atomic E-state index is 0.0764. The molecule has 2 heterocycles. The van der Waals surface area contributed by atoms with Gasteiger partial charge in [0, 0.05) is 24.8 Å². The lowest BCUT2D eigenvalue weighted by molar-refractivity contribution is -0.0167. The Morgan fingerprint density at radius 1 is 1.00 bits per heavy atom. The molecular weight excluding hydrogens is 310 g/mol. The Morgan fingerprint density at radius 2 is 1.64 bits per heavy atom. The Morgan fingerprint density at radius 3 is 2.28 bits per heavy atom. The minimum Gasteiger partial charge on any atom is -0.370 e. The summed E-state index contributed by atoms with van der Waals surface area (Å²) in [6.07, 6.45) is 15.3. The number of carbonyl (C=O) groups excluding carboxylic acids is 1. The van der Waals surface area contributed by atoms with E-state index >= 15 is 0 Å². The third kappa shape index (κ3) is 2.94. The number of nitrogens with one attached hydrogen (secondary N) is 1. The second-order valence-corrected chi connectivity index (χ2v) is 9.13. The van der Waals surface area contributed by atoms with Gasteiger partial charge in [0.25, 0.3) is 5.91 Å². The van der Waals surface area contributed by atoms with E-state index in [0.717, 1.165) is 42.1 Å². The Balaban J connectivity index is 1.33. The average Bonchev–Trinajstić information content (AvgIpc) is 2.61. The van der Waals surface area contributed by atoms with E-state index < -0.39 is 0 Å². The number of rotatable bonds is 3.